The summed E-state index contributed by atoms with van der Waals surface area (Å²) in [6.07, 6.45) is -0.266. The topological polar surface area (TPSA) is 72.8 Å². The fraction of sp³-hybridized carbons (Fsp3) is 0.636. The van der Waals surface area contributed by atoms with E-state index in [1.54, 1.807) is 13.8 Å². The summed E-state index contributed by atoms with van der Waals surface area (Å²) in [6.45, 7) is 2.67. The van der Waals surface area contributed by atoms with E-state index in [1.165, 1.54) is 0 Å². The van der Waals surface area contributed by atoms with Crippen molar-refractivity contribution in [1.82, 2.24) is 0 Å². The van der Waals surface area contributed by atoms with Gasteiger partial charge in [0.25, 0.3) is 0 Å². The molecule has 0 fully saturated rings. The maximum absolute atomic E-state index is 12.7. The normalized spacial score (nSPS) is 14.1. The minimum atomic E-state index is -4.09. The third kappa shape index (κ3) is 6.49. The average Bonchev–Trinajstić information content (AvgIpc) is 2.31. The van der Waals surface area contributed by atoms with E-state index >= 15 is 0 Å². The number of halogens is 3. The van der Waals surface area contributed by atoms with Gasteiger partial charge in [0.2, 0.25) is 5.78 Å². The van der Waals surface area contributed by atoms with Crippen molar-refractivity contribution in [2.24, 2.45) is 0 Å². The van der Waals surface area contributed by atoms with Crippen LogP contribution in [0.2, 0.25) is 0 Å². The molecule has 110 valence electrons. The van der Waals surface area contributed by atoms with E-state index in [2.05, 4.69) is 11.6 Å². The Morgan fingerprint density at radius 3 is 2.37 bits per heavy atom. The number of ketones is 1. The summed E-state index contributed by atoms with van der Waals surface area (Å²) in [7, 11) is 0. The van der Waals surface area contributed by atoms with Gasteiger partial charge in [-0.15, -0.1) is 0 Å². The highest BCUT2D eigenvalue weighted by molar-refractivity contribution is 6.35. The molecule has 0 heterocycles. The highest BCUT2D eigenvalue weighted by atomic mass is 35.5. The number of rotatable bonds is 9. The van der Waals surface area contributed by atoms with Gasteiger partial charge in [-0.3, -0.25) is 4.79 Å². The highest BCUT2D eigenvalue weighted by Crippen LogP contribution is 2.24. The van der Waals surface area contributed by atoms with E-state index in [0.29, 0.717) is 0 Å². The van der Waals surface area contributed by atoms with E-state index < -0.39 is 35.4 Å². The summed E-state index contributed by atoms with van der Waals surface area (Å²) < 4.78 is 35.0. The molecule has 0 aliphatic rings. The van der Waals surface area contributed by atoms with Crippen molar-refractivity contribution in [2.75, 3.05) is 13.2 Å². The standard InChI is InChI=1S/C11H15ClF2O5/c1-3-8(10(16)17)19-6-7(5-18-4-2)9(15)11(12,13)14/h5,8H,3-4,6H2,1-2H3,(H,16,17). The lowest BCUT2D eigenvalue weighted by molar-refractivity contribution is -0.150. The Bertz CT molecular complexity index is 351. The van der Waals surface area contributed by atoms with E-state index in [4.69, 9.17) is 14.6 Å². The van der Waals surface area contributed by atoms with Crippen LogP contribution in [0.5, 0.6) is 0 Å². The average molecular weight is 301 g/mol. The van der Waals surface area contributed by atoms with Crippen molar-refractivity contribution in [3.63, 3.8) is 0 Å². The number of carboxylic acids is 1. The summed E-state index contributed by atoms with van der Waals surface area (Å²) in [6, 6.07) is 0. The van der Waals surface area contributed by atoms with Crippen molar-refractivity contribution in [3.8, 4) is 0 Å². The number of carbonyl (C=O) groups excluding carboxylic acids is 1. The molecule has 0 rings (SSSR count). The van der Waals surface area contributed by atoms with Crippen molar-refractivity contribution >= 4 is 23.4 Å². The lowest BCUT2D eigenvalue weighted by Gasteiger charge is -2.14. The molecule has 5 nitrogen and oxygen atoms in total. The number of carboxylic acid groups (broad SMARTS) is 1. The van der Waals surface area contributed by atoms with Gasteiger partial charge >= 0.3 is 11.4 Å². The molecule has 0 amide bonds. The molecule has 0 aliphatic carbocycles. The van der Waals surface area contributed by atoms with Gasteiger partial charge in [0.05, 0.1) is 25.0 Å². The molecular formula is C11H15ClF2O5. The summed E-state index contributed by atoms with van der Waals surface area (Å²) >= 11 is 4.62. The van der Waals surface area contributed by atoms with Crippen LogP contribution in [0.1, 0.15) is 20.3 Å². The van der Waals surface area contributed by atoms with Gasteiger partial charge in [0.15, 0.2) is 6.10 Å². The van der Waals surface area contributed by atoms with Crippen molar-refractivity contribution in [3.05, 3.63) is 11.8 Å². The smallest absolute Gasteiger partial charge is 0.384 e. The Balaban J connectivity index is 4.80. The molecule has 0 bridgehead atoms. The predicted molar refractivity (Wildman–Crippen MR) is 63.2 cm³/mol. The fourth-order valence-corrected chi connectivity index (χ4v) is 1.19. The quantitative estimate of drug-likeness (QED) is 0.401. The molecule has 0 radical (unpaired) electrons. The van der Waals surface area contributed by atoms with E-state index in [0.717, 1.165) is 6.26 Å². The van der Waals surface area contributed by atoms with Crippen LogP contribution in [-0.4, -0.2) is 41.6 Å². The molecule has 0 aromatic rings. The highest BCUT2D eigenvalue weighted by Gasteiger charge is 2.38. The van der Waals surface area contributed by atoms with Gasteiger partial charge in [0.1, 0.15) is 0 Å². The first-order chi connectivity index (χ1) is 8.73. The second-order valence-corrected chi connectivity index (χ2v) is 3.95. The lowest BCUT2D eigenvalue weighted by Crippen LogP contribution is -2.29. The molecule has 1 atom stereocenters. The molecule has 8 heteroatoms. The third-order valence-corrected chi connectivity index (χ3v) is 2.20. The van der Waals surface area contributed by atoms with Gasteiger partial charge in [-0.25, -0.2) is 4.79 Å². The zero-order valence-corrected chi connectivity index (χ0v) is 11.2. The molecule has 0 saturated heterocycles. The maximum Gasteiger partial charge on any atom is 0.384 e. The van der Waals surface area contributed by atoms with Crippen LogP contribution in [0.4, 0.5) is 8.78 Å². The van der Waals surface area contributed by atoms with Crippen LogP contribution in [0.15, 0.2) is 11.8 Å². The van der Waals surface area contributed by atoms with Crippen LogP contribution >= 0.6 is 11.6 Å². The van der Waals surface area contributed by atoms with Crippen molar-refractivity contribution < 1.29 is 33.0 Å². The molecular weight excluding hydrogens is 286 g/mol. The van der Waals surface area contributed by atoms with Crippen LogP contribution in [0.3, 0.4) is 0 Å². The molecule has 19 heavy (non-hydrogen) atoms. The Morgan fingerprint density at radius 1 is 1.42 bits per heavy atom. The van der Waals surface area contributed by atoms with Crippen molar-refractivity contribution in [1.29, 1.82) is 0 Å². The maximum atomic E-state index is 12.7. The number of Topliss-reactive ketones (excluding diaryl/α,β-unsaturated/α-hetero) is 1. The molecule has 0 aromatic carbocycles. The number of carbonyl (C=O) groups is 2. The Kier molecular flexibility index (Phi) is 7.55. The van der Waals surface area contributed by atoms with Gasteiger partial charge in [-0.05, 0) is 24.9 Å². The fourth-order valence-electron chi connectivity index (χ4n) is 1.07. The van der Waals surface area contributed by atoms with Crippen LogP contribution < -0.4 is 0 Å². The molecule has 0 saturated carbocycles. The van der Waals surface area contributed by atoms with Gasteiger partial charge < -0.3 is 14.6 Å². The molecule has 1 unspecified atom stereocenters. The zero-order valence-electron chi connectivity index (χ0n) is 10.5. The second-order valence-electron chi connectivity index (χ2n) is 3.47. The SMILES string of the molecule is CCOC=C(COC(CC)C(=O)O)C(=O)C(F)(F)Cl. The number of aliphatic carboxylic acids is 1. The monoisotopic (exact) mass is 300 g/mol. The predicted octanol–water partition coefficient (Wildman–Crippen LogP) is 2.19. The zero-order chi connectivity index (χ0) is 15.1. The van der Waals surface area contributed by atoms with Crippen LogP contribution in [-0.2, 0) is 19.1 Å². The summed E-state index contributed by atoms with van der Waals surface area (Å²) in [5.41, 5.74) is -0.526. The van der Waals surface area contributed by atoms with Gasteiger partial charge in [-0.1, -0.05) is 6.92 Å². The van der Waals surface area contributed by atoms with Gasteiger partial charge in [0, 0.05) is 0 Å². The number of hydrogen-bond donors (Lipinski definition) is 1. The summed E-state index contributed by atoms with van der Waals surface area (Å²) in [4.78, 5) is 22.0. The van der Waals surface area contributed by atoms with E-state index in [-0.39, 0.29) is 13.0 Å². The van der Waals surface area contributed by atoms with E-state index in [9.17, 15) is 18.4 Å². The number of ether oxygens (including phenoxy) is 2. The Labute approximate surface area is 114 Å². The molecule has 0 aromatic heterocycles. The third-order valence-electron chi connectivity index (χ3n) is 2.03. The molecule has 0 spiro atoms. The minimum Gasteiger partial charge on any atom is -0.501 e. The Morgan fingerprint density at radius 2 is 2.00 bits per heavy atom. The van der Waals surface area contributed by atoms with E-state index in [1.807, 2.05) is 0 Å². The molecule has 0 aliphatic heterocycles. The molecule has 1 N–H and O–H groups in total. The largest absolute Gasteiger partial charge is 0.501 e. The van der Waals surface area contributed by atoms with Crippen molar-refractivity contribution in [2.45, 2.75) is 31.8 Å². The summed E-state index contributed by atoms with van der Waals surface area (Å²) in [5.74, 6) is -2.92. The summed E-state index contributed by atoms with van der Waals surface area (Å²) in [5, 5.41) is 4.64. The lowest BCUT2D eigenvalue weighted by atomic mass is 10.2. The Hall–Kier alpha value is -1.21. The first-order valence-electron chi connectivity index (χ1n) is 5.50. The van der Waals surface area contributed by atoms with Crippen LogP contribution in [0, 0.1) is 0 Å². The number of hydrogen-bond acceptors (Lipinski definition) is 4. The minimum absolute atomic E-state index is 0.128. The van der Waals surface area contributed by atoms with Gasteiger partial charge in [-0.2, -0.15) is 8.78 Å². The second kappa shape index (κ2) is 8.06. The number of alkyl halides is 3. The van der Waals surface area contributed by atoms with Crippen LogP contribution in [0.25, 0.3) is 0 Å². The first kappa shape index (κ1) is 17.8. The first-order valence-corrected chi connectivity index (χ1v) is 5.88.